The van der Waals surface area contributed by atoms with Crippen LogP contribution < -0.4 is 0 Å². The Kier molecular flexibility index (Phi) is 3.69. The van der Waals surface area contributed by atoms with Gasteiger partial charge in [-0.25, -0.2) is 13.5 Å². The van der Waals surface area contributed by atoms with Gasteiger partial charge in [-0.1, -0.05) is 0 Å². The minimum absolute atomic E-state index is 0.0846. The maximum absolute atomic E-state index is 13.8. The number of halogens is 3. The van der Waals surface area contributed by atoms with Gasteiger partial charge in [0.2, 0.25) is 0 Å². The van der Waals surface area contributed by atoms with Gasteiger partial charge >= 0.3 is 0 Å². The lowest BCUT2D eigenvalue weighted by Crippen LogP contribution is -1.98. The first-order chi connectivity index (χ1) is 10.1. The van der Waals surface area contributed by atoms with Crippen LogP contribution in [0.25, 0.3) is 16.3 Å². The third kappa shape index (κ3) is 2.66. The summed E-state index contributed by atoms with van der Waals surface area (Å²) in [6.45, 7) is 0. The van der Waals surface area contributed by atoms with Crippen LogP contribution in [0.3, 0.4) is 0 Å². The minimum atomic E-state index is -0.742. The summed E-state index contributed by atoms with van der Waals surface area (Å²) in [5.41, 5.74) is 0.888. The first kappa shape index (κ1) is 14.1. The molecule has 0 fully saturated rings. The maximum atomic E-state index is 13.8. The molecule has 7 heteroatoms. The van der Waals surface area contributed by atoms with E-state index in [0.29, 0.717) is 17.5 Å². The van der Waals surface area contributed by atoms with Gasteiger partial charge in [-0.3, -0.25) is 4.79 Å². The molecule has 0 radical (unpaired) electrons. The van der Waals surface area contributed by atoms with Crippen molar-refractivity contribution in [2.45, 2.75) is 0 Å². The summed E-state index contributed by atoms with van der Waals surface area (Å²) < 4.78 is 28.9. The number of nitrogens with zero attached hydrogens (tertiary/aromatic N) is 2. The van der Waals surface area contributed by atoms with E-state index in [1.807, 2.05) is 12.1 Å². The van der Waals surface area contributed by atoms with E-state index in [1.165, 1.54) is 28.3 Å². The molecule has 0 saturated carbocycles. The zero-order valence-corrected chi connectivity index (χ0v) is 12.8. The van der Waals surface area contributed by atoms with Gasteiger partial charge in [0.15, 0.2) is 12.1 Å². The topological polar surface area (TPSA) is 34.9 Å². The SMILES string of the molecule is O=Cc1cn(-c2ccc(F)cc2F)nc1-c1ccc(Br)s1. The molecule has 0 aliphatic rings. The van der Waals surface area contributed by atoms with Crippen LogP contribution in [0.5, 0.6) is 0 Å². The lowest BCUT2D eigenvalue weighted by molar-refractivity contribution is 0.112. The normalized spacial score (nSPS) is 10.8. The Balaban J connectivity index is 2.13. The Labute approximate surface area is 131 Å². The summed E-state index contributed by atoms with van der Waals surface area (Å²) in [5, 5.41) is 4.24. The first-order valence-electron chi connectivity index (χ1n) is 5.84. The average Bonchev–Trinajstić information content (AvgIpc) is 3.04. The van der Waals surface area contributed by atoms with E-state index >= 15 is 0 Å². The van der Waals surface area contributed by atoms with Crippen LogP contribution in [-0.2, 0) is 0 Å². The number of thiophene rings is 1. The van der Waals surface area contributed by atoms with Crippen molar-refractivity contribution in [1.29, 1.82) is 0 Å². The summed E-state index contributed by atoms with van der Waals surface area (Å²) in [4.78, 5) is 12.0. The molecule has 0 amide bonds. The van der Waals surface area contributed by atoms with Crippen LogP contribution >= 0.6 is 27.3 Å². The highest BCUT2D eigenvalue weighted by atomic mass is 79.9. The second-order valence-corrected chi connectivity index (χ2v) is 6.66. The number of hydrogen-bond acceptors (Lipinski definition) is 3. The molecule has 2 aromatic heterocycles. The van der Waals surface area contributed by atoms with Crippen LogP contribution in [0.1, 0.15) is 10.4 Å². The van der Waals surface area contributed by atoms with Crippen molar-refractivity contribution in [2.24, 2.45) is 0 Å². The largest absolute Gasteiger partial charge is 0.298 e. The molecule has 106 valence electrons. The molecule has 0 unspecified atom stereocenters. The molecule has 3 rings (SSSR count). The van der Waals surface area contributed by atoms with Crippen LogP contribution in [-0.4, -0.2) is 16.1 Å². The monoisotopic (exact) mass is 368 g/mol. The Morgan fingerprint density at radius 1 is 1.24 bits per heavy atom. The van der Waals surface area contributed by atoms with Crippen molar-refractivity contribution >= 4 is 33.6 Å². The number of aldehydes is 1. The van der Waals surface area contributed by atoms with Crippen molar-refractivity contribution in [3.8, 4) is 16.3 Å². The van der Waals surface area contributed by atoms with E-state index in [2.05, 4.69) is 21.0 Å². The van der Waals surface area contributed by atoms with Gasteiger partial charge in [0.05, 0.1) is 14.2 Å². The van der Waals surface area contributed by atoms with Crippen LogP contribution in [0.2, 0.25) is 0 Å². The molecule has 0 atom stereocenters. The predicted molar refractivity (Wildman–Crippen MR) is 79.9 cm³/mol. The molecular weight excluding hydrogens is 362 g/mol. The number of rotatable bonds is 3. The van der Waals surface area contributed by atoms with Crippen LogP contribution in [0.4, 0.5) is 8.78 Å². The van der Waals surface area contributed by atoms with Crippen molar-refractivity contribution in [3.63, 3.8) is 0 Å². The molecule has 0 aliphatic carbocycles. The fourth-order valence-corrected chi connectivity index (χ4v) is 3.29. The molecule has 1 aromatic carbocycles. The van der Waals surface area contributed by atoms with E-state index in [1.54, 1.807) is 0 Å². The molecule has 0 spiro atoms. The Hall–Kier alpha value is -1.86. The zero-order chi connectivity index (χ0) is 15.0. The molecule has 0 bridgehead atoms. The molecular formula is C14H7BrF2N2OS. The van der Waals surface area contributed by atoms with Gasteiger partial charge in [-0.15, -0.1) is 11.3 Å². The molecule has 3 nitrogen and oxygen atoms in total. The molecule has 0 saturated heterocycles. The van der Waals surface area contributed by atoms with Gasteiger partial charge < -0.3 is 0 Å². The Morgan fingerprint density at radius 3 is 2.67 bits per heavy atom. The highest BCUT2D eigenvalue weighted by Crippen LogP contribution is 2.32. The summed E-state index contributed by atoms with van der Waals surface area (Å²) in [6.07, 6.45) is 2.08. The van der Waals surface area contributed by atoms with E-state index < -0.39 is 11.6 Å². The lowest BCUT2D eigenvalue weighted by atomic mass is 10.2. The third-order valence-electron chi connectivity index (χ3n) is 2.83. The molecule has 2 heterocycles. The Bertz CT molecular complexity index is 828. The van der Waals surface area contributed by atoms with Gasteiger partial charge in [0, 0.05) is 12.3 Å². The molecule has 0 aliphatic heterocycles. The van der Waals surface area contributed by atoms with Crippen LogP contribution in [0.15, 0.2) is 40.3 Å². The second-order valence-electron chi connectivity index (χ2n) is 4.19. The van der Waals surface area contributed by atoms with Crippen LogP contribution in [0, 0.1) is 11.6 Å². The molecule has 0 N–H and O–H groups in total. The zero-order valence-electron chi connectivity index (χ0n) is 10.4. The van der Waals surface area contributed by atoms with E-state index in [-0.39, 0.29) is 5.69 Å². The molecule has 3 aromatic rings. The number of aromatic nitrogens is 2. The Morgan fingerprint density at radius 2 is 2.05 bits per heavy atom. The summed E-state index contributed by atoms with van der Waals surface area (Å²) in [5.74, 6) is -1.41. The van der Waals surface area contributed by atoms with E-state index in [0.717, 1.165) is 20.8 Å². The first-order valence-corrected chi connectivity index (χ1v) is 7.45. The van der Waals surface area contributed by atoms with Crippen molar-refractivity contribution < 1.29 is 13.6 Å². The molecule has 21 heavy (non-hydrogen) atoms. The van der Waals surface area contributed by atoms with Gasteiger partial charge in [-0.2, -0.15) is 5.10 Å². The third-order valence-corrected chi connectivity index (χ3v) is 4.46. The maximum Gasteiger partial charge on any atom is 0.153 e. The van der Waals surface area contributed by atoms with Crippen molar-refractivity contribution in [2.75, 3.05) is 0 Å². The van der Waals surface area contributed by atoms with Crippen molar-refractivity contribution in [3.05, 3.63) is 57.5 Å². The minimum Gasteiger partial charge on any atom is -0.298 e. The smallest absolute Gasteiger partial charge is 0.153 e. The standard InChI is InChI=1S/C14H7BrF2N2OS/c15-13-4-3-12(21-13)14-8(7-20)6-19(18-14)11-2-1-9(16)5-10(11)17/h1-7H. The highest BCUT2D eigenvalue weighted by Gasteiger charge is 2.15. The summed E-state index contributed by atoms with van der Waals surface area (Å²) in [6, 6.07) is 6.85. The second kappa shape index (κ2) is 5.50. The predicted octanol–water partition coefficient (Wildman–Crippen LogP) is 4.45. The number of hydrogen-bond donors (Lipinski definition) is 0. The quantitative estimate of drug-likeness (QED) is 0.640. The lowest BCUT2D eigenvalue weighted by Gasteiger charge is -2.02. The number of carbonyl (C=O) groups excluding carboxylic acids is 1. The van der Waals surface area contributed by atoms with Gasteiger partial charge in [-0.05, 0) is 40.2 Å². The summed E-state index contributed by atoms with van der Waals surface area (Å²) >= 11 is 4.75. The fourth-order valence-electron chi connectivity index (χ4n) is 1.90. The van der Waals surface area contributed by atoms with Crippen molar-refractivity contribution in [1.82, 2.24) is 9.78 Å². The fraction of sp³-hybridized carbons (Fsp3) is 0. The average molecular weight is 369 g/mol. The van der Waals surface area contributed by atoms with Gasteiger partial charge in [0.1, 0.15) is 17.2 Å². The van der Waals surface area contributed by atoms with E-state index in [9.17, 15) is 13.6 Å². The number of carbonyl (C=O) groups is 1. The summed E-state index contributed by atoms with van der Waals surface area (Å²) in [7, 11) is 0. The van der Waals surface area contributed by atoms with E-state index in [4.69, 9.17) is 0 Å². The van der Waals surface area contributed by atoms with Gasteiger partial charge in [0.25, 0.3) is 0 Å². The highest BCUT2D eigenvalue weighted by molar-refractivity contribution is 9.11. The number of benzene rings is 1.